The minimum atomic E-state index is -0.210. The molecule has 2 aromatic rings. The Morgan fingerprint density at radius 3 is 2.48 bits per heavy atom. The molecule has 1 fully saturated rings. The molecule has 2 aromatic carbocycles. The summed E-state index contributed by atoms with van der Waals surface area (Å²) >= 11 is 5.90. The first-order valence-electron chi connectivity index (χ1n) is 8.38. The first-order chi connectivity index (χ1) is 12.1. The van der Waals surface area contributed by atoms with E-state index in [0.29, 0.717) is 17.1 Å². The van der Waals surface area contributed by atoms with E-state index in [1.54, 1.807) is 24.3 Å². The summed E-state index contributed by atoms with van der Waals surface area (Å²) in [6.07, 6.45) is 0. The van der Waals surface area contributed by atoms with Crippen LogP contribution in [0.1, 0.15) is 10.4 Å². The van der Waals surface area contributed by atoms with Crippen LogP contribution in [-0.2, 0) is 0 Å². The van der Waals surface area contributed by atoms with Crippen LogP contribution in [0.2, 0.25) is 5.02 Å². The number of nitrogens with one attached hydrogen (secondary N) is 1. The van der Waals surface area contributed by atoms with Gasteiger partial charge in [-0.25, -0.2) is 4.39 Å². The monoisotopic (exact) mass is 361 g/mol. The Kier molecular flexibility index (Phi) is 5.89. The predicted octanol–water partition coefficient (Wildman–Crippen LogP) is 3.03. The number of halogens is 2. The summed E-state index contributed by atoms with van der Waals surface area (Å²) in [4.78, 5) is 16.6. The number of hydrogen-bond donors (Lipinski definition) is 1. The lowest BCUT2D eigenvalue weighted by Crippen LogP contribution is -2.48. The van der Waals surface area contributed by atoms with Crippen LogP contribution >= 0.6 is 11.6 Å². The van der Waals surface area contributed by atoms with Gasteiger partial charge in [-0.05, 0) is 42.5 Å². The molecule has 3 rings (SSSR count). The fourth-order valence-corrected chi connectivity index (χ4v) is 3.13. The summed E-state index contributed by atoms with van der Waals surface area (Å²) in [6.45, 7) is 5.04. The van der Waals surface area contributed by atoms with Crippen molar-refractivity contribution >= 4 is 23.2 Å². The minimum Gasteiger partial charge on any atom is -0.369 e. The molecule has 1 N–H and O–H groups in total. The number of anilines is 1. The van der Waals surface area contributed by atoms with Crippen molar-refractivity contribution in [1.82, 2.24) is 10.2 Å². The van der Waals surface area contributed by atoms with Gasteiger partial charge in [0.1, 0.15) is 5.82 Å². The average Bonchev–Trinajstić information content (AvgIpc) is 2.63. The van der Waals surface area contributed by atoms with Crippen LogP contribution in [0.3, 0.4) is 0 Å². The third-order valence-electron chi connectivity index (χ3n) is 4.36. The van der Waals surface area contributed by atoms with Crippen molar-refractivity contribution < 1.29 is 9.18 Å². The number of rotatable bonds is 5. The quantitative estimate of drug-likeness (QED) is 0.889. The molecule has 0 atom stereocenters. The van der Waals surface area contributed by atoms with Crippen molar-refractivity contribution in [2.24, 2.45) is 0 Å². The van der Waals surface area contributed by atoms with Crippen LogP contribution in [-0.4, -0.2) is 50.1 Å². The van der Waals surface area contributed by atoms with Crippen LogP contribution in [0, 0.1) is 5.82 Å². The van der Waals surface area contributed by atoms with Crippen molar-refractivity contribution in [2.75, 3.05) is 44.2 Å². The van der Waals surface area contributed by atoms with Gasteiger partial charge in [-0.3, -0.25) is 9.69 Å². The van der Waals surface area contributed by atoms with Crippen LogP contribution in [0.25, 0.3) is 0 Å². The molecule has 0 unspecified atom stereocenters. The number of nitrogens with zero attached hydrogens (tertiary/aromatic N) is 2. The van der Waals surface area contributed by atoms with Crippen molar-refractivity contribution in [3.63, 3.8) is 0 Å². The Labute approximate surface area is 152 Å². The highest BCUT2D eigenvalue weighted by atomic mass is 35.5. The van der Waals surface area contributed by atoms with E-state index in [1.165, 1.54) is 12.1 Å². The Morgan fingerprint density at radius 2 is 1.80 bits per heavy atom. The van der Waals surface area contributed by atoms with Gasteiger partial charge >= 0.3 is 0 Å². The number of benzene rings is 2. The standard InChI is InChI=1S/C19H21ClFN3O/c20-16-3-1-2-15(14-16)19(25)22-8-9-23-10-12-24(13-11-23)18-6-4-17(21)5-7-18/h1-7,14H,8-13H2,(H,22,25). The molecule has 0 aromatic heterocycles. The predicted molar refractivity (Wildman–Crippen MR) is 98.8 cm³/mol. The Morgan fingerprint density at radius 1 is 1.08 bits per heavy atom. The molecule has 0 aliphatic carbocycles. The lowest BCUT2D eigenvalue weighted by Gasteiger charge is -2.36. The van der Waals surface area contributed by atoms with Crippen LogP contribution in [0.15, 0.2) is 48.5 Å². The highest BCUT2D eigenvalue weighted by molar-refractivity contribution is 6.30. The second-order valence-corrected chi connectivity index (χ2v) is 6.51. The van der Waals surface area contributed by atoms with Gasteiger partial charge < -0.3 is 10.2 Å². The molecule has 25 heavy (non-hydrogen) atoms. The zero-order valence-electron chi connectivity index (χ0n) is 13.9. The van der Waals surface area contributed by atoms with Crippen molar-refractivity contribution in [3.8, 4) is 0 Å². The first-order valence-corrected chi connectivity index (χ1v) is 8.76. The Bertz CT molecular complexity index is 715. The Hall–Kier alpha value is -2.11. The molecule has 0 saturated carbocycles. The zero-order valence-corrected chi connectivity index (χ0v) is 14.7. The second-order valence-electron chi connectivity index (χ2n) is 6.07. The average molecular weight is 362 g/mol. The zero-order chi connectivity index (χ0) is 17.6. The maximum absolute atomic E-state index is 13.0. The van der Waals surface area contributed by atoms with E-state index in [0.717, 1.165) is 38.4 Å². The molecule has 1 heterocycles. The summed E-state index contributed by atoms with van der Waals surface area (Å²) in [5, 5.41) is 3.49. The molecule has 0 radical (unpaired) electrons. The molecule has 1 saturated heterocycles. The molecule has 4 nitrogen and oxygen atoms in total. The third-order valence-corrected chi connectivity index (χ3v) is 4.60. The second kappa shape index (κ2) is 8.32. The summed E-state index contributed by atoms with van der Waals surface area (Å²) in [7, 11) is 0. The highest BCUT2D eigenvalue weighted by Gasteiger charge is 2.17. The molecular formula is C19H21ClFN3O. The van der Waals surface area contributed by atoms with E-state index in [2.05, 4.69) is 15.1 Å². The van der Waals surface area contributed by atoms with Gasteiger partial charge in [0.2, 0.25) is 0 Å². The first kappa shape index (κ1) is 17.7. The van der Waals surface area contributed by atoms with E-state index in [-0.39, 0.29) is 11.7 Å². The molecule has 0 spiro atoms. The van der Waals surface area contributed by atoms with Crippen LogP contribution in [0.5, 0.6) is 0 Å². The molecule has 0 bridgehead atoms. The van der Waals surface area contributed by atoms with Crippen molar-refractivity contribution in [3.05, 3.63) is 64.9 Å². The maximum Gasteiger partial charge on any atom is 0.251 e. The highest BCUT2D eigenvalue weighted by Crippen LogP contribution is 2.16. The van der Waals surface area contributed by atoms with E-state index in [1.807, 2.05) is 12.1 Å². The maximum atomic E-state index is 13.0. The summed E-state index contributed by atoms with van der Waals surface area (Å²) < 4.78 is 13.0. The smallest absolute Gasteiger partial charge is 0.251 e. The molecule has 1 aliphatic rings. The number of amides is 1. The van der Waals surface area contributed by atoms with Gasteiger partial charge in [-0.15, -0.1) is 0 Å². The van der Waals surface area contributed by atoms with Gasteiger partial charge in [0.15, 0.2) is 0 Å². The van der Waals surface area contributed by atoms with Crippen LogP contribution < -0.4 is 10.2 Å². The molecule has 132 valence electrons. The largest absolute Gasteiger partial charge is 0.369 e. The Balaban J connectivity index is 1.40. The van der Waals surface area contributed by atoms with Crippen LogP contribution in [0.4, 0.5) is 10.1 Å². The molecular weight excluding hydrogens is 341 g/mol. The SMILES string of the molecule is O=C(NCCN1CCN(c2ccc(F)cc2)CC1)c1cccc(Cl)c1. The van der Waals surface area contributed by atoms with E-state index in [4.69, 9.17) is 11.6 Å². The van der Waals surface area contributed by atoms with Gasteiger partial charge in [0.05, 0.1) is 0 Å². The fourth-order valence-electron chi connectivity index (χ4n) is 2.94. The van der Waals surface area contributed by atoms with Gasteiger partial charge in [-0.1, -0.05) is 17.7 Å². The molecule has 1 aliphatic heterocycles. The van der Waals surface area contributed by atoms with E-state index in [9.17, 15) is 9.18 Å². The number of piperazine rings is 1. The van der Waals surface area contributed by atoms with E-state index >= 15 is 0 Å². The summed E-state index contributed by atoms with van der Waals surface area (Å²) in [5.41, 5.74) is 1.63. The summed E-state index contributed by atoms with van der Waals surface area (Å²) in [6, 6.07) is 13.6. The molecule has 1 amide bonds. The number of carbonyl (C=O) groups excluding carboxylic acids is 1. The summed E-state index contributed by atoms with van der Waals surface area (Å²) in [5.74, 6) is -0.315. The normalized spacial score (nSPS) is 15.2. The minimum absolute atomic E-state index is 0.104. The van der Waals surface area contributed by atoms with Gasteiger partial charge in [0.25, 0.3) is 5.91 Å². The van der Waals surface area contributed by atoms with Gasteiger partial charge in [-0.2, -0.15) is 0 Å². The topological polar surface area (TPSA) is 35.6 Å². The molecule has 6 heteroatoms. The van der Waals surface area contributed by atoms with E-state index < -0.39 is 0 Å². The number of carbonyl (C=O) groups is 1. The lowest BCUT2D eigenvalue weighted by molar-refractivity contribution is 0.0948. The number of hydrogen-bond acceptors (Lipinski definition) is 3. The fraction of sp³-hybridized carbons (Fsp3) is 0.316. The van der Waals surface area contributed by atoms with Crippen molar-refractivity contribution in [1.29, 1.82) is 0 Å². The third kappa shape index (κ3) is 4.94. The van der Waals surface area contributed by atoms with Gasteiger partial charge in [0, 0.05) is 55.5 Å². The lowest BCUT2D eigenvalue weighted by atomic mass is 10.2. The van der Waals surface area contributed by atoms with Crippen molar-refractivity contribution in [2.45, 2.75) is 0 Å².